The Balaban J connectivity index is 0.000000191. The predicted molar refractivity (Wildman–Crippen MR) is 72.3 cm³/mol. The quantitative estimate of drug-likeness (QED) is 0.736. The van der Waals surface area contributed by atoms with Crippen LogP contribution in [0.15, 0.2) is 42.5 Å². The molecule has 0 spiro atoms. The number of hydrogen-bond donors (Lipinski definition) is 0. The highest BCUT2D eigenvalue weighted by Crippen LogP contribution is 2.12. The molecule has 0 bridgehead atoms. The number of benzene rings is 2. The molecule has 1 nitrogen and oxygen atoms in total. The van der Waals surface area contributed by atoms with E-state index in [2.05, 4.69) is 0 Å². The average molecular weight is 262 g/mol. The third kappa shape index (κ3) is 4.62. The molecule has 3 heteroatoms. The highest BCUT2D eigenvalue weighted by molar-refractivity contribution is 5.74. The molecule has 0 aliphatic carbocycles. The number of hydrogen-bond acceptors (Lipinski definition) is 1. The maximum Gasteiger partial charge on any atom is 0.150 e. The first-order valence-corrected chi connectivity index (χ1v) is 6.03. The lowest BCUT2D eigenvalue weighted by atomic mass is 10.1. The van der Waals surface area contributed by atoms with Crippen molar-refractivity contribution in [1.29, 1.82) is 0 Å². The fourth-order valence-electron chi connectivity index (χ4n) is 1.69. The van der Waals surface area contributed by atoms with Crippen LogP contribution >= 0.6 is 0 Å². The van der Waals surface area contributed by atoms with Crippen LogP contribution in [-0.2, 0) is 6.42 Å². The van der Waals surface area contributed by atoms with Crippen molar-refractivity contribution in [2.24, 2.45) is 0 Å². The third-order valence-electron chi connectivity index (χ3n) is 2.69. The summed E-state index contributed by atoms with van der Waals surface area (Å²) in [6.45, 7) is 3.90. The molecule has 0 aromatic heterocycles. The summed E-state index contributed by atoms with van der Waals surface area (Å²) >= 11 is 0. The lowest BCUT2D eigenvalue weighted by molar-refractivity contribution is 0.112. The van der Waals surface area contributed by atoms with Gasteiger partial charge in [0.05, 0.1) is 0 Å². The summed E-state index contributed by atoms with van der Waals surface area (Å²) in [5.74, 6) is -0.456. The second kappa shape index (κ2) is 7.41. The van der Waals surface area contributed by atoms with Gasteiger partial charge in [0.2, 0.25) is 0 Å². The Kier molecular flexibility index (Phi) is 5.86. The van der Waals surface area contributed by atoms with Gasteiger partial charge >= 0.3 is 0 Å². The zero-order valence-electron chi connectivity index (χ0n) is 11.0. The van der Waals surface area contributed by atoms with Crippen LogP contribution in [0, 0.1) is 18.6 Å². The van der Waals surface area contributed by atoms with E-state index in [4.69, 9.17) is 0 Å². The summed E-state index contributed by atoms with van der Waals surface area (Å²) in [6, 6.07) is 10.7. The van der Waals surface area contributed by atoms with Crippen LogP contribution in [0.3, 0.4) is 0 Å². The van der Waals surface area contributed by atoms with Gasteiger partial charge in [-0.3, -0.25) is 4.79 Å². The Labute approximate surface area is 111 Å². The Hall–Kier alpha value is -2.03. The molecule has 0 radical (unpaired) electrons. The van der Waals surface area contributed by atoms with Crippen molar-refractivity contribution in [1.82, 2.24) is 0 Å². The maximum absolute atomic E-state index is 12.9. The zero-order valence-corrected chi connectivity index (χ0v) is 11.0. The summed E-state index contributed by atoms with van der Waals surface area (Å²) in [4.78, 5) is 9.99. The van der Waals surface area contributed by atoms with Crippen molar-refractivity contribution >= 4 is 6.29 Å². The minimum atomic E-state index is -0.375. The van der Waals surface area contributed by atoms with Crippen molar-refractivity contribution in [2.75, 3.05) is 0 Å². The van der Waals surface area contributed by atoms with Gasteiger partial charge in [-0.2, -0.15) is 0 Å². The van der Waals surface area contributed by atoms with Crippen molar-refractivity contribution < 1.29 is 13.6 Å². The molecule has 0 amide bonds. The van der Waals surface area contributed by atoms with Crippen LogP contribution in [0.25, 0.3) is 0 Å². The molecule has 0 aliphatic rings. The largest absolute Gasteiger partial charge is 0.298 e. The van der Waals surface area contributed by atoms with Gasteiger partial charge in [-0.25, -0.2) is 8.78 Å². The van der Waals surface area contributed by atoms with Gasteiger partial charge in [0.15, 0.2) is 0 Å². The molecule has 0 atom stereocenters. The van der Waals surface area contributed by atoms with Gasteiger partial charge in [0.1, 0.15) is 17.9 Å². The first-order chi connectivity index (χ1) is 9.08. The van der Waals surface area contributed by atoms with Crippen LogP contribution < -0.4 is 0 Å². The predicted octanol–water partition coefficient (Wildman–Crippen LogP) is 4.33. The molecule has 0 N–H and O–H groups in total. The molecule has 2 rings (SSSR count). The van der Waals surface area contributed by atoms with Crippen LogP contribution in [-0.4, -0.2) is 6.29 Å². The monoisotopic (exact) mass is 262 g/mol. The Morgan fingerprint density at radius 1 is 1.11 bits per heavy atom. The minimum absolute atomic E-state index is 0.0810. The van der Waals surface area contributed by atoms with Crippen molar-refractivity contribution in [3.63, 3.8) is 0 Å². The average Bonchev–Trinajstić information content (AvgIpc) is 2.40. The second-order valence-corrected chi connectivity index (χ2v) is 4.06. The Morgan fingerprint density at radius 3 is 2.21 bits per heavy atom. The van der Waals surface area contributed by atoms with Crippen LogP contribution in [0.1, 0.15) is 28.4 Å². The molecule has 19 heavy (non-hydrogen) atoms. The molecule has 2 aromatic rings. The van der Waals surface area contributed by atoms with E-state index in [0.717, 1.165) is 17.5 Å². The van der Waals surface area contributed by atoms with E-state index in [1.54, 1.807) is 12.1 Å². The lowest BCUT2D eigenvalue weighted by Crippen LogP contribution is -1.90. The fraction of sp³-hybridized carbons (Fsp3) is 0.188. The molecule has 0 fully saturated rings. The van der Waals surface area contributed by atoms with Crippen molar-refractivity contribution in [3.05, 3.63) is 70.8 Å². The zero-order chi connectivity index (χ0) is 14.3. The number of carbonyl (C=O) groups excluding carboxylic acids is 1. The van der Waals surface area contributed by atoms with E-state index in [1.165, 1.54) is 24.3 Å². The molecule has 2 aromatic carbocycles. The number of carbonyl (C=O) groups is 1. The maximum atomic E-state index is 12.9. The van der Waals surface area contributed by atoms with E-state index in [9.17, 15) is 13.6 Å². The lowest BCUT2D eigenvalue weighted by Gasteiger charge is -2.01. The van der Waals surface area contributed by atoms with E-state index in [1.807, 2.05) is 19.9 Å². The van der Waals surface area contributed by atoms with Gasteiger partial charge in [0.25, 0.3) is 0 Å². The van der Waals surface area contributed by atoms with E-state index < -0.39 is 0 Å². The SMILES string of the molecule is CCc1c(C)cccc1F.O=Cc1cccc(F)c1. The second-order valence-electron chi connectivity index (χ2n) is 4.06. The Bertz CT molecular complexity index is 530. The van der Waals surface area contributed by atoms with E-state index >= 15 is 0 Å². The van der Waals surface area contributed by atoms with Gasteiger partial charge in [-0.15, -0.1) is 0 Å². The fourth-order valence-corrected chi connectivity index (χ4v) is 1.69. The molecular weight excluding hydrogens is 246 g/mol. The third-order valence-corrected chi connectivity index (χ3v) is 2.69. The van der Waals surface area contributed by atoms with Crippen molar-refractivity contribution in [2.45, 2.75) is 20.3 Å². The molecule has 0 saturated heterocycles. The smallest absolute Gasteiger partial charge is 0.150 e. The molecular formula is C16H16F2O. The molecule has 0 heterocycles. The number of rotatable bonds is 2. The molecule has 100 valence electrons. The number of aldehydes is 1. The van der Waals surface area contributed by atoms with Crippen molar-refractivity contribution in [3.8, 4) is 0 Å². The van der Waals surface area contributed by atoms with Crippen LogP contribution in [0.5, 0.6) is 0 Å². The summed E-state index contributed by atoms with van der Waals surface area (Å²) in [7, 11) is 0. The first-order valence-electron chi connectivity index (χ1n) is 6.03. The van der Waals surface area contributed by atoms with Gasteiger partial charge in [-0.1, -0.05) is 31.2 Å². The van der Waals surface area contributed by atoms with E-state index in [0.29, 0.717) is 11.8 Å². The normalized spacial score (nSPS) is 9.47. The summed E-state index contributed by atoms with van der Waals surface area (Å²) in [5, 5.41) is 0. The Morgan fingerprint density at radius 2 is 1.79 bits per heavy atom. The summed E-state index contributed by atoms with van der Waals surface area (Å²) in [6.07, 6.45) is 1.39. The standard InChI is InChI=1S/C9H11F.C7H5FO/c1-3-8-7(2)5-4-6-9(8)10;8-7-3-1-2-6(4-7)5-9/h4-6H,3H2,1-2H3;1-5H. The first kappa shape index (κ1) is 15.0. The van der Waals surface area contributed by atoms with Gasteiger partial charge in [0, 0.05) is 5.56 Å². The van der Waals surface area contributed by atoms with Gasteiger partial charge in [-0.05, 0) is 42.7 Å². The summed E-state index contributed by atoms with van der Waals surface area (Å²) < 4.78 is 25.0. The molecule has 0 unspecified atom stereocenters. The van der Waals surface area contributed by atoms with E-state index in [-0.39, 0.29) is 11.6 Å². The van der Waals surface area contributed by atoms with Crippen LogP contribution in [0.2, 0.25) is 0 Å². The highest BCUT2D eigenvalue weighted by atomic mass is 19.1. The van der Waals surface area contributed by atoms with Gasteiger partial charge < -0.3 is 0 Å². The topological polar surface area (TPSA) is 17.1 Å². The number of aryl methyl sites for hydroxylation is 1. The summed E-state index contributed by atoms with van der Waals surface area (Å²) in [5.41, 5.74) is 2.25. The minimum Gasteiger partial charge on any atom is -0.298 e. The highest BCUT2D eigenvalue weighted by Gasteiger charge is 2.00. The molecule has 0 aliphatic heterocycles. The molecule has 0 saturated carbocycles. The number of halogens is 2. The van der Waals surface area contributed by atoms with Crippen LogP contribution in [0.4, 0.5) is 8.78 Å².